The second kappa shape index (κ2) is 5.48. The Balaban J connectivity index is 2.30. The van der Waals surface area contributed by atoms with Gasteiger partial charge in [-0.3, -0.25) is 0 Å². The van der Waals surface area contributed by atoms with Gasteiger partial charge in [-0.25, -0.2) is 4.99 Å². The normalized spacial score (nSPS) is 11.4. The molecule has 0 aliphatic heterocycles. The Kier molecular flexibility index (Phi) is 3.74. The van der Waals surface area contributed by atoms with Gasteiger partial charge in [-0.1, -0.05) is 0 Å². The van der Waals surface area contributed by atoms with Crippen molar-refractivity contribution in [2.24, 2.45) is 27.2 Å². The summed E-state index contributed by atoms with van der Waals surface area (Å²) in [4.78, 5) is 7.77. The van der Waals surface area contributed by atoms with Crippen LogP contribution < -0.4 is 17.2 Å². The van der Waals surface area contributed by atoms with Crippen LogP contribution in [0.3, 0.4) is 0 Å². The average molecular weight is 270 g/mol. The van der Waals surface area contributed by atoms with E-state index in [2.05, 4.69) is 40.5 Å². The zero-order chi connectivity index (χ0) is 14.7. The molecule has 0 saturated carbocycles. The first-order valence-corrected chi connectivity index (χ1v) is 6.16. The fourth-order valence-corrected chi connectivity index (χ4v) is 2.04. The summed E-state index contributed by atoms with van der Waals surface area (Å²) in [6.07, 6.45) is 0. The highest BCUT2D eigenvalue weighted by atomic mass is 15.1. The maximum absolute atomic E-state index is 5.58. The summed E-state index contributed by atoms with van der Waals surface area (Å²) in [5.74, 6) is -0.0764. The number of benzene rings is 1. The minimum Gasteiger partial charge on any atom is -0.370 e. The van der Waals surface area contributed by atoms with E-state index in [9.17, 15) is 0 Å². The molecule has 0 aliphatic rings. The molecule has 0 unspecified atom stereocenters. The first-order valence-electron chi connectivity index (χ1n) is 6.16. The molecular weight excluding hydrogens is 252 g/mol. The van der Waals surface area contributed by atoms with Crippen molar-refractivity contribution in [1.82, 2.24) is 4.57 Å². The summed E-state index contributed by atoms with van der Waals surface area (Å²) in [6.45, 7) is 4.13. The molecule has 0 bridgehead atoms. The van der Waals surface area contributed by atoms with Gasteiger partial charge in [0.2, 0.25) is 5.96 Å². The number of hydrogen-bond donors (Lipinski definition) is 3. The van der Waals surface area contributed by atoms with Gasteiger partial charge in [-0.2, -0.15) is 4.99 Å². The highest BCUT2D eigenvalue weighted by molar-refractivity contribution is 5.93. The first kappa shape index (κ1) is 13.7. The Morgan fingerprint density at radius 2 is 1.45 bits per heavy atom. The largest absolute Gasteiger partial charge is 0.370 e. The molecule has 0 radical (unpaired) electrons. The van der Waals surface area contributed by atoms with E-state index in [4.69, 9.17) is 17.2 Å². The summed E-state index contributed by atoms with van der Waals surface area (Å²) in [7, 11) is 0. The van der Waals surface area contributed by atoms with Crippen LogP contribution in [0.2, 0.25) is 0 Å². The van der Waals surface area contributed by atoms with E-state index >= 15 is 0 Å². The van der Waals surface area contributed by atoms with Crippen LogP contribution in [0.5, 0.6) is 0 Å². The topological polar surface area (TPSA) is 108 Å². The van der Waals surface area contributed by atoms with E-state index < -0.39 is 0 Å². The lowest BCUT2D eigenvalue weighted by molar-refractivity contribution is 0.966. The van der Waals surface area contributed by atoms with E-state index in [1.165, 1.54) is 11.4 Å². The molecule has 1 aromatic carbocycles. The number of hydrogen-bond acceptors (Lipinski definition) is 1. The molecule has 0 amide bonds. The minimum absolute atomic E-state index is 0.0334. The molecule has 104 valence electrons. The van der Waals surface area contributed by atoms with Gasteiger partial charge in [0.15, 0.2) is 5.96 Å². The van der Waals surface area contributed by atoms with Gasteiger partial charge in [0.25, 0.3) is 0 Å². The maximum atomic E-state index is 5.58. The quantitative estimate of drug-likeness (QED) is 0.565. The zero-order valence-corrected chi connectivity index (χ0v) is 11.5. The maximum Gasteiger partial charge on any atom is 0.223 e. The summed E-state index contributed by atoms with van der Waals surface area (Å²) in [6, 6.07) is 11.8. The van der Waals surface area contributed by atoms with E-state index in [0.717, 1.165) is 5.69 Å². The monoisotopic (exact) mass is 270 g/mol. The molecule has 0 fully saturated rings. The third-order valence-electron chi connectivity index (χ3n) is 2.87. The van der Waals surface area contributed by atoms with Crippen molar-refractivity contribution in [3.63, 3.8) is 0 Å². The lowest BCUT2D eigenvalue weighted by Crippen LogP contribution is -2.26. The van der Waals surface area contributed by atoms with Gasteiger partial charge in [-0.15, -0.1) is 0 Å². The third-order valence-corrected chi connectivity index (χ3v) is 2.87. The predicted octanol–water partition coefficient (Wildman–Crippen LogP) is 1.31. The molecule has 0 saturated heterocycles. The van der Waals surface area contributed by atoms with Crippen LogP contribution in [0, 0.1) is 13.8 Å². The molecule has 6 N–H and O–H groups in total. The predicted molar refractivity (Wildman–Crippen MR) is 82.3 cm³/mol. The van der Waals surface area contributed by atoms with Crippen molar-refractivity contribution in [1.29, 1.82) is 0 Å². The SMILES string of the molecule is Cc1ccc(C)n1-c1ccc(N=C(N)N=C(N)N)cc1. The van der Waals surface area contributed by atoms with Gasteiger partial charge in [-0.05, 0) is 50.2 Å². The highest BCUT2D eigenvalue weighted by Crippen LogP contribution is 2.19. The van der Waals surface area contributed by atoms with Crippen LogP contribution in [0.1, 0.15) is 11.4 Å². The summed E-state index contributed by atoms with van der Waals surface area (Å²) in [5.41, 5.74) is 20.2. The lowest BCUT2D eigenvalue weighted by Gasteiger charge is -2.09. The molecule has 0 atom stereocenters. The zero-order valence-electron chi connectivity index (χ0n) is 11.5. The number of guanidine groups is 2. The standard InChI is InChI=1S/C14H18N6/c1-9-3-4-10(2)20(9)12-7-5-11(6-8-12)18-14(17)19-13(15)16/h3-8H,1-2H3,(H6,15,16,17,18,19). The molecule has 6 heteroatoms. The smallest absolute Gasteiger partial charge is 0.223 e. The van der Waals surface area contributed by atoms with E-state index in [-0.39, 0.29) is 11.9 Å². The second-order valence-corrected chi connectivity index (χ2v) is 4.47. The fraction of sp³-hybridized carbons (Fsp3) is 0.143. The Labute approximate surface area is 117 Å². The van der Waals surface area contributed by atoms with Crippen molar-refractivity contribution < 1.29 is 0 Å². The molecule has 2 rings (SSSR count). The number of rotatable bonds is 2. The van der Waals surface area contributed by atoms with Crippen LogP contribution >= 0.6 is 0 Å². The summed E-state index contributed by atoms with van der Waals surface area (Å²) in [5, 5.41) is 0. The van der Waals surface area contributed by atoms with E-state index in [0.29, 0.717) is 5.69 Å². The molecule has 1 aromatic heterocycles. The molecule has 2 aromatic rings. The van der Waals surface area contributed by atoms with Crippen molar-refractivity contribution in [3.05, 3.63) is 47.8 Å². The number of nitrogens with two attached hydrogens (primary N) is 3. The van der Waals surface area contributed by atoms with Crippen molar-refractivity contribution in [2.75, 3.05) is 0 Å². The lowest BCUT2D eigenvalue weighted by atomic mass is 10.2. The van der Waals surface area contributed by atoms with E-state index in [1.807, 2.05) is 24.3 Å². The molecule has 0 spiro atoms. The van der Waals surface area contributed by atoms with Gasteiger partial charge < -0.3 is 21.8 Å². The van der Waals surface area contributed by atoms with Gasteiger partial charge in [0, 0.05) is 17.1 Å². The molecule has 1 heterocycles. The van der Waals surface area contributed by atoms with Crippen molar-refractivity contribution in [2.45, 2.75) is 13.8 Å². The van der Waals surface area contributed by atoms with Crippen LogP contribution in [0.4, 0.5) is 5.69 Å². The third kappa shape index (κ3) is 2.97. The Bertz CT molecular complexity index is 640. The Morgan fingerprint density at radius 3 is 1.95 bits per heavy atom. The van der Waals surface area contributed by atoms with Crippen molar-refractivity contribution in [3.8, 4) is 5.69 Å². The molecule has 0 aliphatic carbocycles. The second-order valence-electron chi connectivity index (χ2n) is 4.47. The van der Waals surface area contributed by atoms with Crippen LogP contribution in [0.25, 0.3) is 5.69 Å². The number of aryl methyl sites for hydroxylation is 2. The average Bonchev–Trinajstić information content (AvgIpc) is 2.69. The molecular formula is C14H18N6. The van der Waals surface area contributed by atoms with Crippen LogP contribution in [-0.4, -0.2) is 16.5 Å². The van der Waals surface area contributed by atoms with Crippen molar-refractivity contribution >= 4 is 17.6 Å². The minimum atomic E-state index is -0.110. The van der Waals surface area contributed by atoms with E-state index in [1.54, 1.807) is 0 Å². The van der Waals surface area contributed by atoms with Crippen LogP contribution in [0.15, 0.2) is 46.4 Å². The molecule has 20 heavy (non-hydrogen) atoms. The highest BCUT2D eigenvalue weighted by Gasteiger charge is 2.03. The first-order chi connectivity index (χ1) is 9.47. The summed E-state index contributed by atoms with van der Waals surface area (Å²) < 4.78 is 2.16. The summed E-state index contributed by atoms with van der Waals surface area (Å²) >= 11 is 0. The molecule has 6 nitrogen and oxygen atoms in total. The number of aliphatic imine (C=N–C) groups is 2. The van der Waals surface area contributed by atoms with Gasteiger partial charge >= 0.3 is 0 Å². The number of aromatic nitrogens is 1. The van der Waals surface area contributed by atoms with Crippen LogP contribution in [-0.2, 0) is 0 Å². The Hall–Kier alpha value is -2.76. The fourth-order valence-electron chi connectivity index (χ4n) is 2.04. The van der Waals surface area contributed by atoms with Gasteiger partial charge in [0.1, 0.15) is 0 Å². The number of nitrogens with zero attached hydrogens (tertiary/aromatic N) is 3. The Morgan fingerprint density at radius 1 is 0.900 bits per heavy atom. The van der Waals surface area contributed by atoms with Gasteiger partial charge in [0.05, 0.1) is 5.69 Å².